The molecule has 1 aliphatic carbocycles. The quantitative estimate of drug-likeness (QED) is 0.314. The zero-order chi connectivity index (χ0) is 24.6. The maximum atomic E-state index is 13.2. The maximum absolute atomic E-state index is 13.2. The van der Waals surface area contributed by atoms with Crippen molar-refractivity contribution in [2.45, 2.75) is 44.6 Å². The average molecular weight is 486 g/mol. The summed E-state index contributed by atoms with van der Waals surface area (Å²) >= 11 is 0. The van der Waals surface area contributed by atoms with Crippen LogP contribution in [0.1, 0.15) is 44.2 Å². The first-order valence-electron chi connectivity index (χ1n) is 12.2. The molecule has 3 aromatic heterocycles. The molecule has 1 atom stereocenters. The van der Waals surface area contributed by atoms with Crippen LogP contribution in [0.15, 0.2) is 48.7 Å². The van der Waals surface area contributed by atoms with Crippen molar-refractivity contribution < 1.29 is 9.59 Å². The van der Waals surface area contributed by atoms with Crippen molar-refractivity contribution in [1.29, 1.82) is 0 Å². The number of fused-ring (bicyclic) bond motifs is 1. The van der Waals surface area contributed by atoms with E-state index in [1.807, 2.05) is 29.3 Å². The zero-order valence-corrected chi connectivity index (χ0v) is 19.9. The maximum Gasteiger partial charge on any atom is 0.247 e. The van der Waals surface area contributed by atoms with Gasteiger partial charge in [0.15, 0.2) is 11.6 Å². The summed E-state index contributed by atoms with van der Waals surface area (Å²) in [5, 5.41) is 21.2. The van der Waals surface area contributed by atoms with Gasteiger partial charge in [-0.15, -0.1) is 5.10 Å². The standard InChI is InChI=1S/C25H27N9O2/c1-15(35)26-17-8-10-18(11-9-17)27-24(36)21-5-2-12-33(21)25-29-23(20-4-3-13-34(20)32-25)28-22-14-19(30-31-22)16-6-7-16/h3-4,8-11,13-14,16,21H,2,5-7,12H2,1H3,(H,26,35)(H,27,36)(H2,28,29,30,31,32)/t21-/m0/s1. The Labute approximate surface area is 207 Å². The van der Waals surface area contributed by atoms with Gasteiger partial charge in [0.2, 0.25) is 17.8 Å². The number of carbonyl (C=O) groups excluding carboxylic acids is 2. The molecule has 36 heavy (non-hydrogen) atoms. The topological polar surface area (TPSA) is 132 Å². The van der Waals surface area contributed by atoms with Gasteiger partial charge in [0, 0.05) is 48.7 Å². The number of rotatable bonds is 7. The minimum Gasteiger partial charge on any atom is -0.327 e. The highest BCUT2D eigenvalue weighted by Crippen LogP contribution is 2.39. The first kappa shape index (κ1) is 22.1. The fraction of sp³-hybridized carbons (Fsp3) is 0.320. The predicted molar refractivity (Wildman–Crippen MR) is 137 cm³/mol. The molecule has 0 radical (unpaired) electrons. The fourth-order valence-electron chi connectivity index (χ4n) is 4.61. The minimum absolute atomic E-state index is 0.119. The van der Waals surface area contributed by atoms with Crippen molar-refractivity contribution >= 4 is 46.3 Å². The number of hydrogen-bond acceptors (Lipinski definition) is 7. The van der Waals surface area contributed by atoms with Crippen LogP contribution in [-0.4, -0.2) is 49.2 Å². The predicted octanol–water partition coefficient (Wildman–Crippen LogP) is 3.64. The summed E-state index contributed by atoms with van der Waals surface area (Å²) in [6.45, 7) is 2.14. The minimum atomic E-state index is -0.396. The molecule has 2 amide bonds. The van der Waals surface area contributed by atoms with Crippen molar-refractivity contribution in [3.63, 3.8) is 0 Å². The van der Waals surface area contributed by atoms with Gasteiger partial charge in [0.05, 0.1) is 0 Å². The smallest absolute Gasteiger partial charge is 0.247 e. The molecular weight excluding hydrogens is 458 g/mol. The van der Waals surface area contributed by atoms with Gasteiger partial charge in [0.1, 0.15) is 11.6 Å². The van der Waals surface area contributed by atoms with E-state index >= 15 is 0 Å². The number of hydrogen-bond donors (Lipinski definition) is 4. The molecule has 0 bridgehead atoms. The molecule has 11 nitrogen and oxygen atoms in total. The second-order valence-corrected chi connectivity index (χ2v) is 9.31. The number of anilines is 5. The summed E-state index contributed by atoms with van der Waals surface area (Å²) in [6.07, 6.45) is 5.82. The van der Waals surface area contributed by atoms with E-state index in [0.717, 1.165) is 17.6 Å². The molecule has 4 N–H and O–H groups in total. The van der Waals surface area contributed by atoms with Crippen molar-refractivity contribution in [3.8, 4) is 0 Å². The van der Waals surface area contributed by atoms with Crippen LogP contribution < -0.4 is 20.9 Å². The van der Waals surface area contributed by atoms with E-state index in [1.54, 1.807) is 28.8 Å². The van der Waals surface area contributed by atoms with E-state index in [0.29, 0.717) is 47.8 Å². The molecule has 0 unspecified atom stereocenters. The van der Waals surface area contributed by atoms with Gasteiger partial charge in [-0.05, 0) is 62.1 Å². The zero-order valence-electron chi connectivity index (χ0n) is 19.9. The number of nitrogens with zero attached hydrogens (tertiary/aromatic N) is 5. The van der Waals surface area contributed by atoms with Crippen LogP contribution in [0, 0.1) is 0 Å². The Bertz CT molecular complexity index is 1420. The molecule has 4 heterocycles. The number of aromatic amines is 1. The molecule has 0 spiro atoms. The van der Waals surface area contributed by atoms with Gasteiger partial charge in [-0.2, -0.15) is 10.1 Å². The molecule has 4 aromatic rings. The molecule has 184 valence electrons. The molecule has 2 aliphatic rings. The SMILES string of the molecule is CC(=O)Nc1ccc(NC(=O)[C@@H]2CCCN2c2nc(Nc3cc(C4CC4)[nH]n3)c3cccn3n2)cc1. The molecular formula is C25H27N9O2. The van der Waals surface area contributed by atoms with Crippen molar-refractivity contribution in [3.05, 3.63) is 54.4 Å². The molecule has 1 saturated heterocycles. The average Bonchev–Trinajstić information content (AvgIpc) is 3.25. The van der Waals surface area contributed by atoms with Gasteiger partial charge in [0.25, 0.3) is 0 Å². The van der Waals surface area contributed by atoms with Crippen LogP contribution in [0.25, 0.3) is 5.52 Å². The van der Waals surface area contributed by atoms with Crippen LogP contribution in [0.2, 0.25) is 0 Å². The Morgan fingerprint density at radius 2 is 1.83 bits per heavy atom. The van der Waals surface area contributed by atoms with Crippen molar-refractivity contribution in [2.24, 2.45) is 0 Å². The highest BCUT2D eigenvalue weighted by atomic mass is 16.2. The largest absolute Gasteiger partial charge is 0.327 e. The normalized spacial score (nSPS) is 17.4. The van der Waals surface area contributed by atoms with E-state index in [1.165, 1.54) is 19.8 Å². The van der Waals surface area contributed by atoms with Gasteiger partial charge >= 0.3 is 0 Å². The number of carbonyl (C=O) groups is 2. The molecule has 11 heteroatoms. The molecule has 6 rings (SSSR count). The molecule has 2 fully saturated rings. The second-order valence-electron chi connectivity index (χ2n) is 9.31. The van der Waals surface area contributed by atoms with E-state index in [2.05, 4.69) is 31.2 Å². The van der Waals surface area contributed by atoms with E-state index in [4.69, 9.17) is 4.98 Å². The number of nitrogens with one attached hydrogen (secondary N) is 4. The highest BCUT2D eigenvalue weighted by Gasteiger charge is 2.33. The summed E-state index contributed by atoms with van der Waals surface area (Å²) < 4.78 is 1.77. The number of benzene rings is 1. The summed E-state index contributed by atoms with van der Waals surface area (Å²) in [7, 11) is 0. The first-order chi connectivity index (χ1) is 17.5. The van der Waals surface area contributed by atoms with Crippen LogP contribution in [0.5, 0.6) is 0 Å². The Balaban J connectivity index is 1.22. The lowest BCUT2D eigenvalue weighted by molar-refractivity contribution is -0.117. The lowest BCUT2D eigenvalue weighted by atomic mass is 10.2. The van der Waals surface area contributed by atoms with Gasteiger partial charge < -0.3 is 20.9 Å². The van der Waals surface area contributed by atoms with E-state index < -0.39 is 6.04 Å². The van der Waals surface area contributed by atoms with E-state index in [9.17, 15) is 9.59 Å². The monoisotopic (exact) mass is 485 g/mol. The highest BCUT2D eigenvalue weighted by molar-refractivity contribution is 5.97. The lowest BCUT2D eigenvalue weighted by Gasteiger charge is -2.24. The molecule has 1 saturated carbocycles. The molecule has 1 aliphatic heterocycles. The van der Waals surface area contributed by atoms with Crippen molar-refractivity contribution in [1.82, 2.24) is 24.8 Å². The van der Waals surface area contributed by atoms with Crippen LogP contribution >= 0.6 is 0 Å². The summed E-state index contributed by atoms with van der Waals surface area (Å²) in [6, 6.07) is 12.5. The summed E-state index contributed by atoms with van der Waals surface area (Å²) in [5.41, 5.74) is 3.31. The Kier molecular flexibility index (Phi) is 5.51. The molecule has 1 aromatic carbocycles. The number of aromatic nitrogens is 5. The number of amides is 2. The van der Waals surface area contributed by atoms with Crippen LogP contribution in [0.4, 0.5) is 29.0 Å². The third-order valence-corrected chi connectivity index (χ3v) is 6.53. The van der Waals surface area contributed by atoms with Crippen molar-refractivity contribution in [2.75, 3.05) is 27.4 Å². The Hall–Kier alpha value is -4.41. The Morgan fingerprint density at radius 3 is 2.58 bits per heavy atom. The van der Waals surface area contributed by atoms with Gasteiger partial charge in [-0.3, -0.25) is 14.7 Å². The summed E-state index contributed by atoms with van der Waals surface area (Å²) in [4.78, 5) is 31.2. The third kappa shape index (κ3) is 4.47. The Morgan fingerprint density at radius 1 is 1.06 bits per heavy atom. The third-order valence-electron chi connectivity index (χ3n) is 6.53. The lowest BCUT2D eigenvalue weighted by Crippen LogP contribution is -2.40. The first-order valence-corrected chi connectivity index (χ1v) is 12.2. The number of H-pyrrole nitrogens is 1. The van der Waals surface area contributed by atoms with Crippen LogP contribution in [-0.2, 0) is 9.59 Å². The summed E-state index contributed by atoms with van der Waals surface area (Å²) in [5.74, 6) is 2.15. The second kappa shape index (κ2) is 8.99. The van der Waals surface area contributed by atoms with Gasteiger partial charge in [-0.25, -0.2) is 4.52 Å². The van der Waals surface area contributed by atoms with E-state index in [-0.39, 0.29) is 11.8 Å². The fourth-order valence-corrected chi connectivity index (χ4v) is 4.61. The van der Waals surface area contributed by atoms with Gasteiger partial charge in [-0.1, -0.05) is 0 Å². The van der Waals surface area contributed by atoms with Crippen LogP contribution in [0.3, 0.4) is 0 Å².